The highest BCUT2D eigenvalue weighted by Gasteiger charge is 2.32. The summed E-state index contributed by atoms with van der Waals surface area (Å²) >= 11 is 5.96. The van der Waals surface area contributed by atoms with E-state index in [1.165, 1.54) is 25.3 Å². The summed E-state index contributed by atoms with van der Waals surface area (Å²) in [5, 5.41) is 4.85. The van der Waals surface area contributed by atoms with Gasteiger partial charge in [0.2, 0.25) is 5.88 Å². The van der Waals surface area contributed by atoms with Crippen molar-refractivity contribution in [3.63, 3.8) is 0 Å². The summed E-state index contributed by atoms with van der Waals surface area (Å²) < 4.78 is 85.8. The van der Waals surface area contributed by atoms with E-state index in [9.17, 15) is 26.4 Å². The van der Waals surface area contributed by atoms with Gasteiger partial charge in [-0.3, -0.25) is 0 Å². The molecule has 1 amide bonds. The van der Waals surface area contributed by atoms with Crippen LogP contribution in [0.5, 0.6) is 17.4 Å². The average Bonchev–Trinajstić information content (AvgIpc) is 2.91. The van der Waals surface area contributed by atoms with Crippen LogP contribution in [0, 0.1) is 0 Å². The second kappa shape index (κ2) is 14.7. The molecule has 0 atom stereocenters. The lowest BCUT2D eigenvalue weighted by Gasteiger charge is -2.15. The number of benzene rings is 2. The van der Waals surface area contributed by atoms with Crippen molar-refractivity contribution in [1.29, 1.82) is 0 Å². The number of methoxy groups -OCH3 is 1. The zero-order chi connectivity index (χ0) is 29.9. The highest BCUT2D eigenvalue weighted by atomic mass is 35.5. The monoisotopic (exact) mass is 618 g/mol. The van der Waals surface area contributed by atoms with Gasteiger partial charge in [0.25, 0.3) is 0 Å². The molecule has 2 aromatic carbocycles. The number of nitrogens with one attached hydrogen (secondary N) is 3. The predicted molar refractivity (Wildman–Crippen MR) is 143 cm³/mol. The van der Waals surface area contributed by atoms with E-state index in [0.717, 1.165) is 5.69 Å². The standard InChI is InChI=1S/C25H26ClF3N4O7S/c1-37-11-12-38-20-8-7-17(22(14-20)39-23-21(26)13-18(16-31-23)25(27,28)29)15-32-24(34)40-41(35,36)33-10-9-30-19-5-3-2-4-6-19/h2-8,13-14,16,30,33H,9-12,15H2,1H3,(H,32,34). The number of carbonyl (C=O) groups excluding carboxylic acids is 1. The lowest BCUT2D eigenvalue weighted by atomic mass is 10.2. The Hall–Kier alpha value is -3.79. The summed E-state index contributed by atoms with van der Waals surface area (Å²) in [7, 11) is -2.94. The zero-order valence-electron chi connectivity index (χ0n) is 21.5. The first kappa shape index (κ1) is 31.7. The molecule has 11 nitrogen and oxygen atoms in total. The van der Waals surface area contributed by atoms with Crippen LogP contribution in [0.25, 0.3) is 0 Å². The lowest BCUT2D eigenvalue weighted by Crippen LogP contribution is -2.35. The number of aromatic nitrogens is 1. The minimum Gasteiger partial charge on any atom is -0.491 e. The number of para-hydroxylation sites is 1. The van der Waals surface area contributed by atoms with E-state index >= 15 is 0 Å². The molecule has 0 aliphatic heterocycles. The van der Waals surface area contributed by atoms with Gasteiger partial charge in [-0.25, -0.2) is 9.78 Å². The summed E-state index contributed by atoms with van der Waals surface area (Å²) in [5.41, 5.74) is -0.00990. The lowest BCUT2D eigenvalue weighted by molar-refractivity contribution is -0.137. The highest BCUT2D eigenvalue weighted by molar-refractivity contribution is 7.85. The van der Waals surface area contributed by atoms with Crippen molar-refractivity contribution >= 4 is 33.7 Å². The van der Waals surface area contributed by atoms with Gasteiger partial charge >= 0.3 is 22.6 Å². The number of amides is 1. The number of ether oxygens (including phenoxy) is 3. The molecule has 0 bridgehead atoms. The molecule has 0 aliphatic rings. The van der Waals surface area contributed by atoms with E-state index in [2.05, 4.69) is 24.5 Å². The molecule has 0 radical (unpaired) electrons. The van der Waals surface area contributed by atoms with Gasteiger partial charge in [-0.05, 0) is 30.3 Å². The minimum absolute atomic E-state index is 0.0161. The van der Waals surface area contributed by atoms with Crippen molar-refractivity contribution in [1.82, 2.24) is 15.0 Å². The van der Waals surface area contributed by atoms with Crippen molar-refractivity contribution in [2.75, 3.05) is 38.7 Å². The Morgan fingerprint density at radius 1 is 1.05 bits per heavy atom. The number of rotatable bonds is 14. The molecule has 0 saturated carbocycles. The number of hydrogen-bond donors (Lipinski definition) is 3. The maximum Gasteiger partial charge on any atom is 0.423 e. The van der Waals surface area contributed by atoms with Crippen molar-refractivity contribution in [3.05, 3.63) is 76.9 Å². The number of carbonyl (C=O) groups is 1. The summed E-state index contributed by atoms with van der Waals surface area (Å²) in [6, 6.07) is 14.1. The molecule has 222 valence electrons. The first-order chi connectivity index (χ1) is 19.5. The van der Waals surface area contributed by atoms with Gasteiger partial charge in [-0.15, -0.1) is 0 Å². The van der Waals surface area contributed by atoms with E-state index < -0.39 is 33.2 Å². The highest BCUT2D eigenvalue weighted by Crippen LogP contribution is 2.36. The normalized spacial score (nSPS) is 11.5. The van der Waals surface area contributed by atoms with Crippen molar-refractivity contribution in [2.24, 2.45) is 0 Å². The molecule has 0 spiro atoms. The van der Waals surface area contributed by atoms with Crippen LogP contribution < -0.4 is 24.8 Å². The molecule has 3 N–H and O–H groups in total. The van der Waals surface area contributed by atoms with E-state index in [1.54, 1.807) is 12.1 Å². The van der Waals surface area contributed by atoms with Gasteiger partial charge in [0.05, 0.1) is 12.2 Å². The van der Waals surface area contributed by atoms with Crippen LogP contribution in [-0.2, 0) is 31.9 Å². The molecule has 1 aromatic heterocycles. The Labute approximate surface area is 239 Å². The van der Waals surface area contributed by atoms with Crippen LogP contribution in [0.2, 0.25) is 5.02 Å². The second-order valence-electron chi connectivity index (χ2n) is 8.09. The summed E-state index contributed by atoms with van der Waals surface area (Å²) in [6.45, 7) is 0.339. The molecule has 0 aliphatic carbocycles. The van der Waals surface area contributed by atoms with Gasteiger partial charge in [0, 0.05) is 50.3 Å². The third-order valence-corrected chi connectivity index (χ3v) is 6.25. The maximum absolute atomic E-state index is 13.0. The van der Waals surface area contributed by atoms with Crippen molar-refractivity contribution in [3.8, 4) is 17.4 Å². The maximum atomic E-state index is 13.0. The van der Waals surface area contributed by atoms with E-state index in [4.69, 9.17) is 25.8 Å². The van der Waals surface area contributed by atoms with Crippen LogP contribution in [0.1, 0.15) is 11.1 Å². The number of hydrogen-bond acceptors (Lipinski definition) is 9. The number of halogens is 4. The molecule has 0 unspecified atom stereocenters. The van der Waals surface area contributed by atoms with Crippen molar-refractivity contribution < 1.29 is 44.8 Å². The van der Waals surface area contributed by atoms with E-state index in [0.29, 0.717) is 18.0 Å². The third-order valence-electron chi connectivity index (χ3n) is 5.05. The Morgan fingerprint density at radius 3 is 2.49 bits per heavy atom. The first-order valence-electron chi connectivity index (χ1n) is 11.9. The quantitative estimate of drug-likeness (QED) is 0.219. The number of nitrogens with zero attached hydrogens (tertiary/aromatic N) is 1. The number of pyridine rings is 1. The molecular formula is C25H26ClF3N4O7S. The SMILES string of the molecule is COCCOc1ccc(CNC(=O)OS(=O)(=O)NCCNc2ccccc2)c(Oc2ncc(C(F)(F)F)cc2Cl)c1. The van der Waals surface area contributed by atoms with Gasteiger partial charge in [-0.2, -0.15) is 26.3 Å². The molecule has 0 saturated heterocycles. The molecular weight excluding hydrogens is 593 g/mol. The Balaban J connectivity index is 1.63. The minimum atomic E-state index is -4.66. The van der Waals surface area contributed by atoms with Gasteiger partial charge in [-0.1, -0.05) is 29.8 Å². The number of alkyl halides is 3. The van der Waals surface area contributed by atoms with Crippen LogP contribution in [-0.4, -0.2) is 52.9 Å². The Morgan fingerprint density at radius 2 is 1.80 bits per heavy atom. The largest absolute Gasteiger partial charge is 0.491 e. The fourth-order valence-electron chi connectivity index (χ4n) is 3.13. The Kier molecular flexibility index (Phi) is 11.4. The average molecular weight is 619 g/mol. The molecule has 0 fully saturated rings. The third kappa shape index (κ3) is 10.6. The van der Waals surface area contributed by atoms with Crippen molar-refractivity contribution in [2.45, 2.75) is 12.7 Å². The Bertz CT molecular complexity index is 1410. The van der Waals surface area contributed by atoms with E-state index in [-0.39, 0.29) is 50.0 Å². The summed E-state index contributed by atoms with van der Waals surface area (Å²) in [4.78, 5) is 15.8. The van der Waals surface area contributed by atoms with Gasteiger partial charge in [0.15, 0.2) is 0 Å². The zero-order valence-corrected chi connectivity index (χ0v) is 23.1. The van der Waals surface area contributed by atoms with Gasteiger partial charge < -0.3 is 29.0 Å². The molecule has 3 aromatic rings. The van der Waals surface area contributed by atoms with Crippen LogP contribution in [0.4, 0.5) is 23.7 Å². The predicted octanol–water partition coefficient (Wildman–Crippen LogP) is 4.74. The van der Waals surface area contributed by atoms with E-state index in [1.807, 2.05) is 18.2 Å². The fourth-order valence-corrected chi connectivity index (χ4v) is 4.01. The molecule has 3 rings (SSSR count). The van der Waals surface area contributed by atoms with Gasteiger partial charge in [0.1, 0.15) is 23.1 Å². The van der Waals surface area contributed by atoms with Crippen LogP contribution >= 0.6 is 11.6 Å². The topological polar surface area (TPSA) is 137 Å². The second-order valence-corrected chi connectivity index (χ2v) is 9.86. The number of anilines is 1. The molecule has 41 heavy (non-hydrogen) atoms. The molecule has 1 heterocycles. The summed E-state index contributed by atoms with van der Waals surface area (Å²) in [5.74, 6) is -0.0157. The molecule has 16 heteroatoms. The summed E-state index contributed by atoms with van der Waals surface area (Å²) in [6.07, 6.45) is -5.39. The first-order valence-corrected chi connectivity index (χ1v) is 13.7. The fraction of sp³-hybridized carbons (Fsp3) is 0.280. The smallest absolute Gasteiger partial charge is 0.423 e. The van der Waals surface area contributed by atoms with Crippen LogP contribution in [0.15, 0.2) is 60.8 Å². The van der Waals surface area contributed by atoms with Crippen LogP contribution in [0.3, 0.4) is 0 Å².